The Bertz CT molecular complexity index is 483. The van der Waals surface area contributed by atoms with Gasteiger partial charge in [-0.05, 0) is 34.1 Å². The predicted octanol–water partition coefficient (Wildman–Crippen LogP) is -0.326. The third-order valence-corrected chi connectivity index (χ3v) is 3.65. The van der Waals surface area contributed by atoms with Crippen molar-refractivity contribution >= 4 is 18.0 Å². The molecule has 0 spiro atoms. The fourth-order valence-electron chi connectivity index (χ4n) is 2.41. The Kier molecular flexibility index (Phi) is 7.62. The van der Waals surface area contributed by atoms with Crippen molar-refractivity contribution in [3.05, 3.63) is 0 Å². The highest BCUT2D eigenvalue weighted by Crippen LogP contribution is 2.11. The summed E-state index contributed by atoms with van der Waals surface area (Å²) in [5.41, 5.74) is 11.1. The second-order valence-electron chi connectivity index (χ2n) is 6.99. The molecule has 0 radical (unpaired) electrons. The van der Waals surface area contributed by atoms with Crippen LogP contribution >= 0.6 is 0 Å². The molecule has 0 aliphatic carbocycles. The van der Waals surface area contributed by atoms with Crippen LogP contribution in [0.5, 0.6) is 0 Å². The van der Waals surface area contributed by atoms with Crippen molar-refractivity contribution in [2.75, 3.05) is 32.8 Å². The van der Waals surface area contributed by atoms with E-state index in [2.05, 4.69) is 0 Å². The number of nitrogens with zero attached hydrogens (tertiary/aromatic N) is 2. The van der Waals surface area contributed by atoms with Gasteiger partial charge in [0, 0.05) is 26.2 Å². The molecule has 9 nitrogen and oxygen atoms in total. The molecule has 0 saturated carbocycles. The van der Waals surface area contributed by atoms with Crippen molar-refractivity contribution in [3.8, 4) is 0 Å². The number of carbonyl (C=O) groups is 3. The highest BCUT2D eigenvalue weighted by molar-refractivity contribution is 5.84. The molecule has 1 aliphatic heterocycles. The molecular weight excluding hydrogens is 328 g/mol. The number of rotatable bonds is 5. The first-order valence-corrected chi connectivity index (χ1v) is 8.49. The van der Waals surface area contributed by atoms with Gasteiger partial charge in [0.1, 0.15) is 11.6 Å². The lowest BCUT2D eigenvalue weighted by Crippen LogP contribution is -2.55. The van der Waals surface area contributed by atoms with Gasteiger partial charge in [0.2, 0.25) is 5.91 Å². The normalized spacial score (nSPS) is 17.7. The summed E-state index contributed by atoms with van der Waals surface area (Å²) in [5, 5.41) is 0. The molecule has 1 rings (SSSR count). The molecule has 9 heteroatoms. The Morgan fingerprint density at radius 2 is 1.52 bits per heavy atom. The van der Waals surface area contributed by atoms with Gasteiger partial charge in [-0.1, -0.05) is 0 Å². The van der Waals surface area contributed by atoms with E-state index in [1.54, 1.807) is 37.5 Å². The molecule has 1 aliphatic rings. The maximum atomic E-state index is 12.4. The summed E-state index contributed by atoms with van der Waals surface area (Å²) in [5.74, 6) is -0.870. The summed E-state index contributed by atoms with van der Waals surface area (Å²) in [6, 6.07) is -1.85. The van der Waals surface area contributed by atoms with Crippen molar-refractivity contribution in [2.24, 2.45) is 11.5 Å². The van der Waals surface area contributed by atoms with E-state index in [9.17, 15) is 14.4 Å². The van der Waals surface area contributed by atoms with Crippen LogP contribution in [0.4, 0.5) is 4.79 Å². The van der Waals surface area contributed by atoms with E-state index in [-0.39, 0.29) is 18.4 Å². The van der Waals surface area contributed by atoms with E-state index < -0.39 is 23.7 Å². The number of hydrogen-bond acceptors (Lipinski definition) is 7. The highest BCUT2D eigenvalue weighted by Gasteiger charge is 2.31. The monoisotopic (exact) mass is 358 g/mol. The molecule has 0 aromatic rings. The lowest BCUT2D eigenvalue weighted by Gasteiger charge is -2.35. The minimum Gasteiger partial charge on any atom is -0.459 e. The fraction of sp³-hybridized carbons (Fsp3) is 0.812. The summed E-state index contributed by atoms with van der Waals surface area (Å²) < 4.78 is 10.1. The zero-order valence-electron chi connectivity index (χ0n) is 15.5. The standard InChI is InChI=1S/C16H30N4O5/c1-5-24-15(23)20-8-6-19(7-9-20)13(21)11(17)10-12(18)14(22)25-16(2,3)4/h11-12H,5-10,17-18H2,1-4H3/t11-,12?/m0/s1. The van der Waals surface area contributed by atoms with Crippen LogP contribution in [0, 0.1) is 0 Å². The second kappa shape index (κ2) is 9.00. The Balaban J connectivity index is 2.47. The van der Waals surface area contributed by atoms with Crippen LogP contribution in [0.25, 0.3) is 0 Å². The summed E-state index contributed by atoms with van der Waals surface area (Å²) in [6.45, 7) is 8.78. The van der Waals surface area contributed by atoms with Crippen molar-refractivity contribution in [2.45, 2.75) is 51.8 Å². The number of piperazine rings is 1. The average Bonchev–Trinajstić information content (AvgIpc) is 2.52. The van der Waals surface area contributed by atoms with Crippen LogP contribution in [-0.4, -0.2) is 78.2 Å². The SMILES string of the molecule is CCOC(=O)N1CCN(C(=O)[C@@H](N)CC(N)C(=O)OC(C)(C)C)CC1. The molecule has 1 fully saturated rings. The predicted molar refractivity (Wildman–Crippen MR) is 91.6 cm³/mol. The van der Waals surface area contributed by atoms with Gasteiger partial charge in [-0.2, -0.15) is 0 Å². The van der Waals surface area contributed by atoms with Crippen LogP contribution in [-0.2, 0) is 19.1 Å². The maximum Gasteiger partial charge on any atom is 0.409 e. The first-order chi connectivity index (χ1) is 11.5. The van der Waals surface area contributed by atoms with Gasteiger partial charge in [0.15, 0.2) is 0 Å². The number of nitrogens with two attached hydrogens (primary N) is 2. The lowest BCUT2D eigenvalue weighted by atomic mass is 10.1. The van der Waals surface area contributed by atoms with Crippen molar-refractivity contribution in [3.63, 3.8) is 0 Å². The summed E-state index contributed by atoms with van der Waals surface area (Å²) in [6.07, 6.45) is -0.378. The largest absolute Gasteiger partial charge is 0.459 e. The summed E-state index contributed by atoms with van der Waals surface area (Å²) >= 11 is 0. The first-order valence-electron chi connectivity index (χ1n) is 8.49. The molecular formula is C16H30N4O5. The van der Waals surface area contributed by atoms with Gasteiger partial charge < -0.3 is 30.7 Å². The van der Waals surface area contributed by atoms with Crippen molar-refractivity contribution in [1.82, 2.24) is 9.80 Å². The van der Waals surface area contributed by atoms with E-state index in [1.165, 1.54) is 0 Å². The molecule has 0 aromatic heterocycles. The number of hydrogen-bond donors (Lipinski definition) is 2. The fourth-order valence-corrected chi connectivity index (χ4v) is 2.41. The van der Waals surface area contributed by atoms with E-state index in [0.717, 1.165) is 0 Å². The topological polar surface area (TPSA) is 128 Å². The number of carbonyl (C=O) groups excluding carboxylic acids is 3. The van der Waals surface area contributed by atoms with E-state index in [1.807, 2.05) is 0 Å². The Morgan fingerprint density at radius 1 is 1.00 bits per heavy atom. The van der Waals surface area contributed by atoms with Gasteiger partial charge in [0.25, 0.3) is 0 Å². The average molecular weight is 358 g/mol. The van der Waals surface area contributed by atoms with Gasteiger partial charge in [0.05, 0.1) is 12.6 Å². The molecule has 1 saturated heterocycles. The zero-order chi connectivity index (χ0) is 19.2. The van der Waals surface area contributed by atoms with Gasteiger partial charge in [-0.3, -0.25) is 9.59 Å². The number of ether oxygens (including phenoxy) is 2. The minimum absolute atomic E-state index is 0.00579. The van der Waals surface area contributed by atoms with E-state index in [0.29, 0.717) is 32.8 Å². The molecule has 0 aromatic carbocycles. The van der Waals surface area contributed by atoms with Gasteiger partial charge in [-0.25, -0.2) is 4.79 Å². The summed E-state index contributed by atoms with van der Waals surface area (Å²) in [4.78, 5) is 39.1. The van der Waals surface area contributed by atoms with Crippen LogP contribution in [0.15, 0.2) is 0 Å². The smallest absolute Gasteiger partial charge is 0.409 e. The van der Waals surface area contributed by atoms with Crippen LogP contribution in [0.2, 0.25) is 0 Å². The van der Waals surface area contributed by atoms with Gasteiger partial charge in [-0.15, -0.1) is 0 Å². The first kappa shape index (κ1) is 21.2. The Hall–Kier alpha value is -1.87. The third-order valence-electron chi connectivity index (χ3n) is 3.65. The lowest BCUT2D eigenvalue weighted by molar-refractivity contribution is -0.156. The molecule has 2 atom stereocenters. The Morgan fingerprint density at radius 3 is 2.00 bits per heavy atom. The molecule has 25 heavy (non-hydrogen) atoms. The van der Waals surface area contributed by atoms with Crippen molar-refractivity contribution in [1.29, 1.82) is 0 Å². The van der Waals surface area contributed by atoms with Crippen LogP contribution in [0.1, 0.15) is 34.1 Å². The molecule has 2 amide bonds. The maximum absolute atomic E-state index is 12.4. The third kappa shape index (κ3) is 6.87. The Labute approximate surface area is 148 Å². The number of esters is 1. The molecule has 1 unspecified atom stereocenters. The highest BCUT2D eigenvalue weighted by atomic mass is 16.6. The molecule has 1 heterocycles. The molecule has 4 N–H and O–H groups in total. The van der Waals surface area contributed by atoms with E-state index >= 15 is 0 Å². The molecule has 0 bridgehead atoms. The summed E-state index contributed by atoms with van der Waals surface area (Å²) in [7, 11) is 0. The second-order valence-corrected chi connectivity index (χ2v) is 6.99. The van der Waals surface area contributed by atoms with Crippen LogP contribution < -0.4 is 11.5 Å². The zero-order valence-corrected chi connectivity index (χ0v) is 15.5. The minimum atomic E-state index is -0.959. The molecule has 144 valence electrons. The van der Waals surface area contributed by atoms with Crippen LogP contribution in [0.3, 0.4) is 0 Å². The number of amides is 2. The van der Waals surface area contributed by atoms with Crippen molar-refractivity contribution < 1.29 is 23.9 Å². The van der Waals surface area contributed by atoms with E-state index in [4.69, 9.17) is 20.9 Å². The van der Waals surface area contributed by atoms with Gasteiger partial charge >= 0.3 is 12.1 Å². The quantitative estimate of drug-likeness (QED) is 0.644.